The normalized spacial score (nSPS) is 10.8. The second kappa shape index (κ2) is 6.49. The van der Waals surface area contributed by atoms with Gasteiger partial charge in [0.05, 0.1) is 30.3 Å². The quantitative estimate of drug-likeness (QED) is 0.527. The molecule has 0 atom stereocenters. The van der Waals surface area contributed by atoms with Crippen molar-refractivity contribution < 1.29 is 9.53 Å². The van der Waals surface area contributed by atoms with Crippen molar-refractivity contribution in [2.24, 2.45) is 0 Å². The van der Waals surface area contributed by atoms with Crippen LogP contribution in [0.25, 0.3) is 16.6 Å². The van der Waals surface area contributed by atoms with Crippen molar-refractivity contribution in [2.75, 3.05) is 7.11 Å². The number of carbonyl (C=O) groups is 1. The Balaban J connectivity index is 2.07. The summed E-state index contributed by atoms with van der Waals surface area (Å²) in [6.45, 7) is 6.37. The van der Waals surface area contributed by atoms with Gasteiger partial charge in [0.2, 0.25) is 0 Å². The average molecular weight is 341 g/mol. The molecule has 0 bridgehead atoms. The maximum atomic E-state index is 11.7. The van der Waals surface area contributed by atoms with E-state index in [1.54, 1.807) is 0 Å². The number of aryl methyl sites for hydroxylation is 1. The molecule has 5 heteroatoms. The van der Waals surface area contributed by atoms with Crippen molar-refractivity contribution in [3.63, 3.8) is 0 Å². The molecule has 2 aromatic carbocycles. The van der Waals surface area contributed by atoms with E-state index in [2.05, 4.69) is 16.1 Å². The van der Waals surface area contributed by atoms with Gasteiger partial charge in [-0.1, -0.05) is 42.4 Å². The first-order valence-electron chi connectivity index (χ1n) is 7.49. The summed E-state index contributed by atoms with van der Waals surface area (Å²) in [6, 6.07) is 13.3. The molecule has 0 spiro atoms. The Morgan fingerprint density at radius 3 is 2.75 bits per heavy atom. The number of nitrogens with zero attached hydrogens (tertiary/aromatic N) is 2. The van der Waals surface area contributed by atoms with Crippen LogP contribution in [0.15, 0.2) is 49.0 Å². The molecule has 0 saturated heterocycles. The maximum absolute atomic E-state index is 11.7. The average Bonchev–Trinajstić information content (AvgIpc) is 2.90. The second-order valence-corrected chi connectivity index (χ2v) is 5.92. The number of fused-ring (bicyclic) bond motifs is 1. The summed E-state index contributed by atoms with van der Waals surface area (Å²) in [5.74, 6) is 0.439. The topological polar surface area (TPSA) is 44.1 Å². The summed E-state index contributed by atoms with van der Waals surface area (Å²) in [7, 11) is 1.35. The molecule has 3 rings (SSSR count). The first kappa shape index (κ1) is 16.3. The van der Waals surface area contributed by atoms with E-state index >= 15 is 0 Å². The first-order valence-corrected chi connectivity index (χ1v) is 7.87. The highest BCUT2D eigenvalue weighted by molar-refractivity contribution is 6.31. The lowest BCUT2D eigenvalue weighted by molar-refractivity contribution is -0.133. The highest BCUT2D eigenvalue weighted by atomic mass is 35.5. The van der Waals surface area contributed by atoms with Gasteiger partial charge in [0, 0.05) is 5.02 Å². The van der Waals surface area contributed by atoms with E-state index in [-0.39, 0.29) is 0 Å². The van der Waals surface area contributed by atoms with Crippen LogP contribution in [0.5, 0.6) is 0 Å². The van der Waals surface area contributed by atoms with Gasteiger partial charge in [0.1, 0.15) is 5.82 Å². The minimum absolute atomic E-state index is 0.322. The van der Waals surface area contributed by atoms with Crippen molar-refractivity contribution in [3.8, 4) is 0 Å². The predicted octanol–water partition coefficient (Wildman–Crippen LogP) is 4.23. The van der Waals surface area contributed by atoms with E-state index in [0.29, 0.717) is 17.1 Å². The van der Waals surface area contributed by atoms with E-state index in [0.717, 1.165) is 28.0 Å². The van der Waals surface area contributed by atoms with Crippen LogP contribution in [0.4, 0.5) is 0 Å². The summed E-state index contributed by atoms with van der Waals surface area (Å²) in [5, 5.41) is 0.717. The van der Waals surface area contributed by atoms with Crippen LogP contribution in [-0.4, -0.2) is 22.6 Å². The number of ether oxygens (including phenoxy) is 1. The van der Waals surface area contributed by atoms with Gasteiger partial charge in [-0.15, -0.1) is 0 Å². The zero-order valence-corrected chi connectivity index (χ0v) is 14.3. The Labute approximate surface area is 145 Å². The number of halogens is 1. The Kier molecular flexibility index (Phi) is 4.40. The smallest absolute Gasteiger partial charge is 0.337 e. The van der Waals surface area contributed by atoms with Crippen molar-refractivity contribution in [1.29, 1.82) is 0 Å². The Morgan fingerprint density at radius 1 is 1.29 bits per heavy atom. The molecule has 4 nitrogen and oxygen atoms in total. The number of benzene rings is 2. The van der Waals surface area contributed by atoms with Gasteiger partial charge < -0.3 is 9.30 Å². The standard InChI is InChI=1S/C19H17ClN2O2/c1-12(19(23)24-3)14-8-9-17-18(10-14)22(13(2)21-17)11-15-6-4-5-7-16(15)20/h4-10H,1,11H2,2-3H3. The van der Waals surface area contributed by atoms with Crippen LogP contribution in [0.2, 0.25) is 5.02 Å². The van der Waals surface area contributed by atoms with Gasteiger partial charge in [0.15, 0.2) is 0 Å². The van der Waals surface area contributed by atoms with E-state index in [1.807, 2.05) is 49.4 Å². The number of hydrogen-bond donors (Lipinski definition) is 0. The van der Waals surface area contributed by atoms with Crippen molar-refractivity contribution in [2.45, 2.75) is 13.5 Å². The Bertz CT molecular complexity index is 944. The number of aromatic nitrogens is 2. The van der Waals surface area contributed by atoms with Gasteiger partial charge in [0.25, 0.3) is 0 Å². The zero-order chi connectivity index (χ0) is 17.3. The van der Waals surface area contributed by atoms with E-state index in [9.17, 15) is 4.79 Å². The SMILES string of the molecule is C=C(C(=O)OC)c1ccc2nc(C)n(Cc3ccccc3Cl)c2c1. The van der Waals surface area contributed by atoms with Crippen LogP contribution >= 0.6 is 11.6 Å². The molecule has 0 N–H and O–H groups in total. The van der Waals surface area contributed by atoms with Crippen LogP contribution < -0.4 is 0 Å². The van der Waals surface area contributed by atoms with Crippen molar-refractivity contribution >= 4 is 34.2 Å². The lowest BCUT2D eigenvalue weighted by Crippen LogP contribution is -2.04. The van der Waals surface area contributed by atoms with E-state index < -0.39 is 5.97 Å². The summed E-state index contributed by atoms with van der Waals surface area (Å²) in [6.07, 6.45) is 0. The van der Waals surface area contributed by atoms with Crippen LogP contribution in [0.1, 0.15) is 17.0 Å². The number of esters is 1. The molecule has 3 aromatic rings. The fraction of sp³-hybridized carbons (Fsp3) is 0.158. The van der Waals surface area contributed by atoms with Crippen LogP contribution in [0, 0.1) is 6.92 Å². The Morgan fingerprint density at radius 2 is 2.04 bits per heavy atom. The van der Waals surface area contributed by atoms with E-state index in [4.69, 9.17) is 16.3 Å². The number of rotatable bonds is 4. The Hall–Kier alpha value is -2.59. The third-order valence-corrected chi connectivity index (χ3v) is 4.37. The largest absolute Gasteiger partial charge is 0.465 e. The fourth-order valence-corrected chi connectivity index (χ4v) is 2.86. The highest BCUT2D eigenvalue weighted by Crippen LogP contribution is 2.24. The number of hydrogen-bond acceptors (Lipinski definition) is 3. The van der Waals surface area contributed by atoms with Gasteiger partial charge in [-0.3, -0.25) is 0 Å². The molecule has 0 aliphatic carbocycles. The molecule has 122 valence electrons. The van der Waals surface area contributed by atoms with Gasteiger partial charge in [-0.2, -0.15) is 0 Å². The fourth-order valence-electron chi connectivity index (χ4n) is 2.67. The van der Waals surface area contributed by atoms with Gasteiger partial charge in [-0.25, -0.2) is 9.78 Å². The molecule has 0 saturated carbocycles. The molecule has 0 fully saturated rings. The van der Waals surface area contributed by atoms with Crippen molar-refractivity contribution in [1.82, 2.24) is 9.55 Å². The van der Waals surface area contributed by atoms with Gasteiger partial charge in [-0.05, 0) is 36.2 Å². The molecule has 1 aromatic heterocycles. The van der Waals surface area contributed by atoms with Gasteiger partial charge >= 0.3 is 5.97 Å². The monoisotopic (exact) mass is 340 g/mol. The third-order valence-electron chi connectivity index (χ3n) is 4.01. The lowest BCUT2D eigenvalue weighted by Gasteiger charge is -2.10. The lowest BCUT2D eigenvalue weighted by atomic mass is 10.1. The summed E-state index contributed by atoms with van der Waals surface area (Å²) in [4.78, 5) is 16.3. The molecule has 1 heterocycles. The molecule has 0 aliphatic rings. The second-order valence-electron chi connectivity index (χ2n) is 5.51. The summed E-state index contributed by atoms with van der Waals surface area (Å²) < 4.78 is 6.82. The molecule has 24 heavy (non-hydrogen) atoms. The predicted molar refractivity (Wildman–Crippen MR) is 96.1 cm³/mol. The first-order chi connectivity index (χ1) is 11.5. The summed E-state index contributed by atoms with van der Waals surface area (Å²) >= 11 is 6.28. The molecular formula is C19H17ClN2O2. The number of imidazole rings is 1. The maximum Gasteiger partial charge on any atom is 0.337 e. The van der Waals surface area contributed by atoms with Crippen LogP contribution in [0.3, 0.4) is 0 Å². The third kappa shape index (κ3) is 2.93. The highest BCUT2D eigenvalue weighted by Gasteiger charge is 2.14. The molecule has 0 amide bonds. The minimum Gasteiger partial charge on any atom is -0.465 e. The van der Waals surface area contributed by atoms with Crippen LogP contribution in [-0.2, 0) is 16.1 Å². The zero-order valence-electron chi connectivity index (χ0n) is 13.5. The number of carbonyl (C=O) groups excluding carboxylic acids is 1. The molecule has 0 unspecified atom stereocenters. The molecule has 0 radical (unpaired) electrons. The van der Waals surface area contributed by atoms with Crippen molar-refractivity contribution in [3.05, 3.63) is 71.0 Å². The molecular weight excluding hydrogens is 324 g/mol. The molecule has 0 aliphatic heterocycles. The minimum atomic E-state index is -0.441. The number of methoxy groups -OCH3 is 1. The summed E-state index contributed by atoms with van der Waals surface area (Å²) in [5.41, 5.74) is 3.84. The van der Waals surface area contributed by atoms with E-state index in [1.165, 1.54) is 7.11 Å².